The molecule has 0 amide bonds. The first-order valence-corrected chi connectivity index (χ1v) is 11.0. The summed E-state index contributed by atoms with van der Waals surface area (Å²) in [4.78, 5) is 22.7. The zero-order valence-corrected chi connectivity index (χ0v) is 19.4. The van der Waals surface area contributed by atoms with E-state index in [1.165, 1.54) is 6.42 Å². The Labute approximate surface area is 185 Å². The fourth-order valence-electron chi connectivity index (χ4n) is 2.59. The van der Waals surface area contributed by atoms with Crippen molar-refractivity contribution in [3.8, 4) is 0 Å². The fourth-order valence-corrected chi connectivity index (χ4v) is 2.82. The van der Waals surface area contributed by atoms with E-state index in [1.54, 1.807) is 19.1 Å². The molecule has 2 heterocycles. The standard InChI is InChI=1S/C11H9BrO2.C11H10O2.C3H8/c1-7(12)11(13)10-6-8-4-2-3-5-9(8)14-10;1-2-9(12)11-7-8-5-3-4-6-10(8)13-11;1-3-2/h2-7H,1H3;3-7H,2H2,1H3;3H2,1-2H3. The molecule has 158 valence electrons. The molecule has 4 rings (SSSR count). The van der Waals surface area contributed by atoms with Crippen LogP contribution in [-0.2, 0) is 0 Å². The maximum Gasteiger partial charge on any atom is 0.211 e. The van der Waals surface area contributed by atoms with Crippen LogP contribution >= 0.6 is 15.9 Å². The number of rotatable bonds is 4. The Hall–Kier alpha value is -2.66. The van der Waals surface area contributed by atoms with Gasteiger partial charge in [0, 0.05) is 17.2 Å². The molecule has 0 aliphatic rings. The number of hydrogen-bond donors (Lipinski definition) is 0. The molecule has 0 bridgehead atoms. The van der Waals surface area contributed by atoms with Gasteiger partial charge in [0.05, 0.1) is 4.83 Å². The molecule has 0 saturated carbocycles. The van der Waals surface area contributed by atoms with Gasteiger partial charge in [0.2, 0.25) is 5.78 Å². The third kappa shape index (κ3) is 6.17. The van der Waals surface area contributed by atoms with Crippen molar-refractivity contribution < 1.29 is 18.4 Å². The average molecular weight is 471 g/mol. The number of ketones is 2. The van der Waals surface area contributed by atoms with E-state index >= 15 is 0 Å². The quantitative estimate of drug-likeness (QED) is 0.225. The lowest BCUT2D eigenvalue weighted by atomic mass is 10.2. The molecule has 0 radical (unpaired) electrons. The van der Waals surface area contributed by atoms with Crippen LogP contribution in [0, 0.1) is 0 Å². The second-order valence-electron chi connectivity index (χ2n) is 6.76. The Morgan fingerprint density at radius 2 is 1.27 bits per heavy atom. The van der Waals surface area contributed by atoms with Crippen molar-refractivity contribution in [1.29, 1.82) is 0 Å². The van der Waals surface area contributed by atoms with Crippen molar-refractivity contribution in [2.45, 2.75) is 45.4 Å². The molecule has 5 heteroatoms. The highest BCUT2D eigenvalue weighted by atomic mass is 79.9. The SMILES string of the molecule is CC(Br)C(=O)c1cc2ccccc2o1.CCC.CCC(=O)c1cc2ccccc2o1. The molecule has 4 nitrogen and oxygen atoms in total. The number of alkyl halides is 1. The van der Waals surface area contributed by atoms with Crippen LogP contribution in [0.2, 0.25) is 0 Å². The number of para-hydroxylation sites is 2. The van der Waals surface area contributed by atoms with Crippen molar-refractivity contribution in [2.75, 3.05) is 0 Å². The third-order valence-corrected chi connectivity index (χ3v) is 4.47. The zero-order valence-electron chi connectivity index (χ0n) is 17.8. The molecule has 0 aliphatic carbocycles. The summed E-state index contributed by atoms with van der Waals surface area (Å²) in [6, 6.07) is 18.8. The van der Waals surface area contributed by atoms with Crippen LogP contribution in [0.15, 0.2) is 69.5 Å². The monoisotopic (exact) mass is 470 g/mol. The minimum absolute atomic E-state index is 0.0267. The maximum atomic E-state index is 11.6. The first-order chi connectivity index (χ1) is 14.4. The van der Waals surface area contributed by atoms with E-state index in [1.807, 2.05) is 55.5 Å². The molecular weight excluding hydrogens is 444 g/mol. The van der Waals surface area contributed by atoms with Gasteiger partial charge in [0.25, 0.3) is 0 Å². The molecule has 2 aromatic heterocycles. The van der Waals surface area contributed by atoms with E-state index in [-0.39, 0.29) is 16.4 Å². The predicted octanol–water partition coefficient (Wildman–Crippen LogP) is 7.84. The predicted molar refractivity (Wildman–Crippen MR) is 126 cm³/mol. The van der Waals surface area contributed by atoms with Crippen molar-refractivity contribution in [3.05, 3.63) is 72.2 Å². The van der Waals surface area contributed by atoms with E-state index in [0.717, 1.165) is 21.9 Å². The summed E-state index contributed by atoms with van der Waals surface area (Å²) in [7, 11) is 0. The molecule has 0 fully saturated rings. The van der Waals surface area contributed by atoms with Crippen LogP contribution in [0.25, 0.3) is 21.9 Å². The molecule has 0 N–H and O–H groups in total. The summed E-state index contributed by atoms with van der Waals surface area (Å²) in [6.45, 7) is 7.87. The smallest absolute Gasteiger partial charge is 0.211 e. The molecule has 1 atom stereocenters. The highest BCUT2D eigenvalue weighted by Gasteiger charge is 2.16. The molecule has 0 aliphatic heterocycles. The molecular formula is C25H27BrO4. The van der Waals surface area contributed by atoms with Crippen molar-refractivity contribution in [3.63, 3.8) is 0 Å². The van der Waals surface area contributed by atoms with Crippen molar-refractivity contribution in [2.24, 2.45) is 0 Å². The highest BCUT2D eigenvalue weighted by molar-refractivity contribution is 9.10. The average Bonchev–Trinajstić information content (AvgIpc) is 3.37. The number of carbonyl (C=O) groups is 2. The number of hydrogen-bond acceptors (Lipinski definition) is 4. The summed E-state index contributed by atoms with van der Waals surface area (Å²) in [5.41, 5.74) is 1.53. The van der Waals surface area contributed by atoms with Crippen LogP contribution in [0.3, 0.4) is 0 Å². The lowest BCUT2D eigenvalue weighted by Gasteiger charge is -1.96. The highest BCUT2D eigenvalue weighted by Crippen LogP contribution is 2.21. The summed E-state index contributed by atoms with van der Waals surface area (Å²) >= 11 is 3.22. The molecule has 2 aromatic carbocycles. The van der Waals surface area contributed by atoms with Gasteiger partial charge in [0.1, 0.15) is 11.2 Å². The Kier molecular flexibility index (Phi) is 9.06. The van der Waals surface area contributed by atoms with Crippen molar-refractivity contribution >= 4 is 49.4 Å². The van der Waals surface area contributed by atoms with E-state index in [4.69, 9.17) is 8.83 Å². The van der Waals surface area contributed by atoms with Gasteiger partial charge in [-0.1, -0.05) is 79.5 Å². The fraction of sp³-hybridized carbons (Fsp3) is 0.280. The second kappa shape index (κ2) is 11.5. The molecule has 30 heavy (non-hydrogen) atoms. The summed E-state index contributed by atoms with van der Waals surface area (Å²) in [5, 5.41) is 1.95. The van der Waals surface area contributed by atoms with Gasteiger partial charge < -0.3 is 8.83 Å². The topological polar surface area (TPSA) is 60.4 Å². The second-order valence-corrected chi connectivity index (χ2v) is 8.13. The number of Topliss-reactive ketones (excluding diaryl/α,β-unsaturated/α-hetero) is 2. The van der Waals surface area contributed by atoms with Crippen LogP contribution < -0.4 is 0 Å². The summed E-state index contributed by atoms with van der Waals surface area (Å²) in [6.07, 6.45) is 1.74. The molecule has 0 spiro atoms. The van der Waals surface area contributed by atoms with Gasteiger partial charge in [-0.3, -0.25) is 9.59 Å². The van der Waals surface area contributed by atoms with E-state index in [2.05, 4.69) is 29.8 Å². The van der Waals surface area contributed by atoms with Crippen LogP contribution in [0.4, 0.5) is 0 Å². The van der Waals surface area contributed by atoms with E-state index < -0.39 is 0 Å². The largest absolute Gasteiger partial charge is 0.453 e. The van der Waals surface area contributed by atoms with Gasteiger partial charge in [-0.25, -0.2) is 0 Å². The Balaban J connectivity index is 0.000000190. The van der Waals surface area contributed by atoms with Gasteiger partial charge in [-0.2, -0.15) is 0 Å². The van der Waals surface area contributed by atoms with Crippen LogP contribution in [0.5, 0.6) is 0 Å². The van der Waals surface area contributed by atoms with Gasteiger partial charge in [-0.05, 0) is 31.2 Å². The molecule has 1 unspecified atom stereocenters. The number of halogens is 1. The minimum atomic E-state index is -0.205. The van der Waals surface area contributed by atoms with E-state index in [9.17, 15) is 9.59 Å². The summed E-state index contributed by atoms with van der Waals surface area (Å²) < 4.78 is 10.8. The molecule has 4 aromatic rings. The van der Waals surface area contributed by atoms with E-state index in [0.29, 0.717) is 17.9 Å². The minimum Gasteiger partial charge on any atom is -0.453 e. The first-order valence-electron chi connectivity index (χ1n) is 10.1. The zero-order chi connectivity index (χ0) is 22.1. The van der Waals surface area contributed by atoms with Crippen molar-refractivity contribution in [1.82, 2.24) is 0 Å². The summed E-state index contributed by atoms with van der Waals surface area (Å²) in [5.74, 6) is 0.900. The van der Waals surface area contributed by atoms with Gasteiger partial charge in [0.15, 0.2) is 17.3 Å². The Morgan fingerprint density at radius 3 is 1.70 bits per heavy atom. The lowest BCUT2D eigenvalue weighted by Crippen LogP contribution is -2.08. The van der Waals surface area contributed by atoms with Gasteiger partial charge >= 0.3 is 0 Å². The first kappa shape index (κ1) is 23.6. The number of benzene rings is 2. The number of furan rings is 2. The lowest BCUT2D eigenvalue weighted by molar-refractivity contribution is 0.0959. The normalized spacial score (nSPS) is 11.2. The number of carbonyl (C=O) groups excluding carboxylic acids is 2. The Bertz CT molecular complexity index is 1040. The van der Waals surface area contributed by atoms with Crippen LogP contribution in [-0.4, -0.2) is 16.4 Å². The van der Waals surface area contributed by atoms with Gasteiger partial charge in [-0.15, -0.1) is 0 Å². The maximum absolute atomic E-state index is 11.6. The Morgan fingerprint density at radius 1 is 0.833 bits per heavy atom. The molecule has 0 saturated heterocycles. The number of fused-ring (bicyclic) bond motifs is 2. The third-order valence-electron chi connectivity index (χ3n) is 4.05. The van der Waals surface area contributed by atoms with Crippen LogP contribution in [0.1, 0.15) is 61.6 Å².